The van der Waals surface area contributed by atoms with Crippen molar-refractivity contribution in [3.05, 3.63) is 71.8 Å². The van der Waals surface area contributed by atoms with Gasteiger partial charge in [0.25, 0.3) is 0 Å². The fourth-order valence-corrected chi connectivity index (χ4v) is 3.50. The SMILES string of the molecule is CC(C)N(CC(c1ccccc1)C(C)(O)c1ccccc1)C(C)C. The summed E-state index contributed by atoms with van der Waals surface area (Å²) in [5.74, 6) is 0.00546. The molecule has 2 aromatic carbocycles. The minimum Gasteiger partial charge on any atom is -0.385 e. The molecule has 0 aliphatic rings. The van der Waals surface area contributed by atoms with Crippen LogP contribution in [0.2, 0.25) is 0 Å². The molecule has 0 heterocycles. The molecule has 24 heavy (non-hydrogen) atoms. The molecule has 0 aromatic heterocycles. The lowest BCUT2D eigenvalue weighted by Crippen LogP contribution is -2.45. The molecule has 0 spiro atoms. The van der Waals surface area contributed by atoms with E-state index in [-0.39, 0.29) is 5.92 Å². The average molecular weight is 325 g/mol. The minimum absolute atomic E-state index is 0.00546. The molecule has 0 amide bonds. The second-order valence-electron chi connectivity index (χ2n) is 7.36. The normalized spacial score (nSPS) is 15.7. The zero-order valence-electron chi connectivity index (χ0n) is 15.6. The van der Waals surface area contributed by atoms with Crippen LogP contribution in [0.15, 0.2) is 60.7 Å². The van der Waals surface area contributed by atoms with Gasteiger partial charge in [0, 0.05) is 24.5 Å². The van der Waals surface area contributed by atoms with Crippen LogP contribution in [0.25, 0.3) is 0 Å². The molecular weight excluding hydrogens is 294 g/mol. The number of benzene rings is 2. The molecule has 0 saturated heterocycles. The summed E-state index contributed by atoms with van der Waals surface area (Å²) >= 11 is 0. The van der Waals surface area contributed by atoms with E-state index in [0.717, 1.165) is 12.1 Å². The third kappa shape index (κ3) is 4.25. The Hall–Kier alpha value is -1.64. The summed E-state index contributed by atoms with van der Waals surface area (Å²) in [6.07, 6.45) is 0. The molecule has 2 rings (SSSR count). The van der Waals surface area contributed by atoms with Gasteiger partial charge in [-0.25, -0.2) is 0 Å². The highest BCUT2D eigenvalue weighted by Gasteiger charge is 2.36. The Balaban J connectivity index is 2.44. The minimum atomic E-state index is -0.926. The van der Waals surface area contributed by atoms with Gasteiger partial charge in [-0.05, 0) is 45.7 Å². The number of nitrogens with zero attached hydrogens (tertiary/aromatic N) is 1. The molecule has 1 N–H and O–H groups in total. The molecule has 0 aliphatic carbocycles. The first-order valence-corrected chi connectivity index (χ1v) is 8.92. The van der Waals surface area contributed by atoms with E-state index in [2.05, 4.69) is 56.9 Å². The van der Waals surface area contributed by atoms with Gasteiger partial charge in [0.15, 0.2) is 0 Å². The summed E-state index contributed by atoms with van der Waals surface area (Å²) in [5, 5.41) is 11.5. The van der Waals surface area contributed by atoms with Gasteiger partial charge < -0.3 is 5.11 Å². The Morgan fingerprint density at radius 3 is 1.75 bits per heavy atom. The van der Waals surface area contributed by atoms with Gasteiger partial charge in [0.1, 0.15) is 0 Å². The van der Waals surface area contributed by atoms with Gasteiger partial charge in [-0.15, -0.1) is 0 Å². The largest absolute Gasteiger partial charge is 0.385 e. The monoisotopic (exact) mass is 325 g/mol. The van der Waals surface area contributed by atoms with Gasteiger partial charge in [-0.3, -0.25) is 4.90 Å². The van der Waals surface area contributed by atoms with Crippen molar-refractivity contribution in [3.63, 3.8) is 0 Å². The predicted octanol–water partition coefficient (Wildman–Crippen LogP) is 4.80. The van der Waals surface area contributed by atoms with Crippen LogP contribution in [0.3, 0.4) is 0 Å². The second kappa shape index (κ2) is 7.96. The van der Waals surface area contributed by atoms with E-state index in [1.54, 1.807) is 0 Å². The van der Waals surface area contributed by atoms with Crippen molar-refractivity contribution in [3.8, 4) is 0 Å². The molecule has 2 unspecified atom stereocenters. The van der Waals surface area contributed by atoms with Crippen molar-refractivity contribution in [2.75, 3.05) is 6.54 Å². The van der Waals surface area contributed by atoms with Crippen LogP contribution in [0, 0.1) is 0 Å². The summed E-state index contributed by atoms with van der Waals surface area (Å²) in [5.41, 5.74) is 1.22. The Kier molecular flexibility index (Phi) is 6.20. The average Bonchev–Trinajstić information content (AvgIpc) is 2.56. The van der Waals surface area contributed by atoms with Crippen LogP contribution in [0.1, 0.15) is 51.7 Å². The maximum atomic E-state index is 11.5. The van der Waals surface area contributed by atoms with Crippen molar-refractivity contribution in [1.82, 2.24) is 4.90 Å². The quantitative estimate of drug-likeness (QED) is 0.790. The molecule has 0 saturated carbocycles. The van der Waals surface area contributed by atoms with Crippen molar-refractivity contribution in [2.45, 2.75) is 58.2 Å². The summed E-state index contributed by atoms with van der Waals surface area (Å²) in [7, 11) is 0. The number of hydrogen-bond donors (Lipinski definition) is 1. The second-order valence-corrected chi connectivity index (χ2v) is 7.36. The van der Waals surface area contributed by atoms with Crippen molar-refractivity contribution in [2.24, 2.45) is 0 Å². The Labute approximate surface area is 147 Å². The van der Waals surface area contributed by atoms with Gasteiger partial charge in [-0.2, -0.15) is 0 Å². The van der Waals surface area contributed by atoms with E-state index < -0.39 is 5.60 Å². The van der Waals surface area contributed by atoms with Crippen LogP contribution in [0.5, 0.6) is 0 Å². The lowest BCUT2D eigenvalue weighted by molar-refractivity contribution is 0.00424. The van der Waals surface area contributed by atoms with Gasteiger partial charge in [-0.1, -0.05) is 60.7 Å². The fourth-order valence-electron chi connectivity index (χ4n) is 3.50. The summed E-state index contributed by atoms with van der Waals surface area (Å²) in [6.45, 7) is 11.7. The van der Waals surface area contributed by atoms with E-state index in [0.29, 0.717) is 12.1 Å². The number of hydrogen-bond acceptors (Lipinski definition) is 2. The predicted molar refractivity (Wildman–Crippen MR) is 102 cm³/mol. The molecule has 0 bridgehead atoms. The number of rotatable bonds is 7. The maximum Gasteiger partial charge on any atom is 0.0949 e. The van der Waals surface area contributed by atoms with Crippen molar-refractivity contribution < 1.29 is 5.11 Å². The van der Waals surface area contributed by atoms with Gasteiger partial charge in [0.2, 0.25) is 0 Å². The molecule has 0 radical (unpaired) electrons. The molecule has 0 aliphatic heterocycles. The zero-order valence-corrected chi connectivity index (χ0v) is 15.6. The van der Waals surface area contributed by atoms with Crippen LogP contribution < -0.4 is 0 Å². The molecule has 2 aromatic rings. The maximum absolute atomic E-state index is 11.5. The summed E-state index contributed by atoms with van der Waals surface area (Å²) < 4.78 is 0. The summed E-state index contributed by atoms with van der Waals surface area (Å²) in [4.78, 5) is 2.45. The lowest BCUT2D eigenvalue weighted by Gasteiger charge is -2.40. The van der Waals surface area contributed by atoms with Gasteiger partial charge >= 0.3 is 0 Å². The topological polar surface area (TPSA) is 23.5 Å². The van der Waals surface area contributed by atoms with E-state index in [1.165, 1.54) is 5.56 Å². The smallest absolute Gasteiger partial charge is 0.0949 e. The van der Waals surface area contributed by atoms with Crippen molar-refractivity contribution in [1.29, 1.82) is 0 Å². The summed E-state index contributed by atoms with van der Waals surface area (Å²) in [6, 6.07) is 21.3. The fraction of sp³-hybridized carbons (Fsp3) is 0.455. The Bertz CT molecular complexity index is 596. The first-order chi connectivity index (χ1) is 11.3. The van der Waals surface area contributed by atoms with Gasteiger partial charge in [0.05, 0.1) is 5.60 Å². The van der Waals surface area contributed by atoms with E-state index in [4.69, 9.17) is 0 Å². The first kappa shape index (κ1) is 18.7. The van der Waals surface area contributed by atoms with Crippen molar-refractivity contribution >= 4 is 0 Å². The highest BCUT2D eigenvalue weighted by molar-refractivity contribution is 5.31. The highest BCUT2D eigenvalue weighted by Crippen LogP contribution is 2.38. The Morgan fingerprint density at radius 2 is 1.29 bits per heavy atom. The zero-order chi connectivity index (χ0) is 17.7. The molecular formula is C22H31NO. The molecule has 2 atom stereocenters. The molecule has 2 heteroatoms. The molecule has 130 valence electrons. The van der Waals surface area contributed by atoms with E-state index in [1.807, 2.05) is 43.3 Å². The molecule has 0 fully saturated rings. The van der Waals surface area contributed by atoms with Crippen LogP contribution in [-0.2, 0) is 5.60 Å². The van der Waals surface area contributed by atoms with Crippen LogP contribution in [-0.4, -0.2) is 28.6 Å². The van der Waals surface area contributed by atoms with E-state index in [9.17, 15) is 5.11 Å². The lowest BCUT2D eigenvalue weighted by atomic mass is 9.78. The first-order valence-electron chi connectivity index (χ1n) is 8.92. The third-order valence-electron chi connectivity index (χ3n) is 4.96. The molecule has 2 nitrogen and oxygen atoms in total. The highest BCUT2D eigenvalue weighted by atomic mass is 16.3. The van der Waals surface area contributed by atoms with E-state index >= 15 is 0 Å². The number of aliphatic hydroxyl groups is 1. The Morgan fingerprint density at radius 1 is 0.833 bits per heavy atom. The van der Waals surface area contributed by atoms with Crippen LogP contribution >= 0.6 is 0 Å². The van der Waals surface area contributed by atoms with Crippen LogP contribution in [0.4, 0.5) is 0 Å². The standard InChI is InChI=1S/C22H31NO/c1-17(2)23(18(3)4)16-21(19-12-8-6-9-13-19)22(5,24)20-14-10-7-11-15-20/h6-15,17-18,21,24H,16H2,1-5H3. The third-order valence-corrected chi connectivity index (χ3v) is 4.96.